The lowest BCUT2D eigenvalue weighted by molar-refractivity contribution is 0.0718. The van der Waals surface area contributed by atoms with E-state index in [1.165, 1.54) is 19.4 Å². The van der Waals surface area contributed by atoms with Crippen LogP contribution in [0.15, 0.2) is 36.5 Å². The summed E-state index contributed by atoms with van der Waals surface area (Å²) >= 11 is 0. The van der Waals surface area contributed by atoms with Crippen LogP contribution in [0.4, 0.5) is 5.69 Å². The maximum Gasteiger partial charge on any atom is 0.272 e. The highest BCUT2D eigenvalue weighted by Gasteiger charge is 2.20. The van der Waals surface area contributed by atoms with Crippen LogP contribution in [0, 0.1) is 0 Å². The van der Waals surface area contributed by atoms with Gasteiger partial charge in [-0.1, -0.05) is 0 Å². The number of methoxy groups -OCH3 is 2. The first-order valence-electron chi connectivity index (χ1n) is 8.91. The first kappa shape index (κ1) is 18.7. The number of hydrogen-bond donors (Lipinski definition) is 1. The minimum atomic E-state index is -0.322. The molecule has 7 heteroatoms. The van der Waals surface area contributed by atoms with Crippen LogP contribution in [0.2, 0.25) is 0 Å². The number of rotatable bonds is 5. The molecule has 1 aromatic heterocycles. The molecular formula is C20H23N3O4. The van der Waals surface area contributed by atoms with E-state index in [1.54, 1.807) is 36.3 Å². The minimum absolute atomic E-state index is 0.129. The van der Waals surface area contributed by atoms with E-state index in [2.05, 4.69) is 10.3 Å². The number of ether oxygens (including phenoxy) is 2. The average Bonchev–Trinajstić information content (AvgIpc) is 2.73. The topological polar surface area (TPSA) is 80.8 Å². The number of amides is 2. The molecule has 142 valence electrons. The molecule has 0 bridgehead atoms. The van der Waals surface area contributed by atoms with Gasteiger partial charge in [-0.2, -0.15) is 0 Å². The average molecular weight is 369 g/mol. The lowest BCUT2D eigenvalue weighted by Gasteiger charge is -2.26. The summed E-state index contributed by atoms with van der Waals surface area (Å²) in [4.78, 5) is 31.1. The molecule has 1 N–H and O–H groups in total. The fraction of sp³-hybridized carbons (Fsp3) is 0.350. The zero-order chi connectivity index (χ0) is 19.2. The quantitative estimate of drug-likeness (QED) is 0.876. The molecule has 0 unspecified atom stereocenters. The molecule has 0 spiro atoms. The highest BCUT2D eigenvalue weighted by Crippen LogP contribution is 2.29. The molecule has 3 rings (SSSR count). The number of pyridine rings is 1. The third-order valence-electron chi connectivity index (χ3n) is 4.53. The predicted octanol–water partition coefficient (Wildman–Crippen LogP) is 2.98. The largest absolute Gasteiger partial charge is 0.493 e. The van der Waals surface area contributed by atoms with Crippen LogP contribution in [0.1, 0.15) is 40.1 Å². The van der Waals surface area contributed by atoms with Gasteiger partial charge in [0.15, 0.2) is 11.5 Å². The molecular weight excluding hydrogens is 346 g/mol. The second-order valence-corrected chi connectivity index (χ2v) is 6.31. The Hall–Kier alpha value is -3.09. The molecule has 0 radical (unpaired) electrons. The van der Waals surface area contributed by atoms with E-state index in [0.717, 1.165) is 32.4 Å². The van der Waals surface area contributed by atoms with E-state index in [9.17, 15) is 9.59 Å². The fourth-order valence-electron chi connectivity index (χ4n) is 3.06. The number of likely N-dealkylation sites (tertiary alicyclic amines) is 1. The normalized spacial score (nSPS) is 13.8. The molecule has 1 aromatic carbocycles. The van der Waals surface area contributed by atoms with Gasteiger partial charge in [-0.25, -0.2) is 0 Å². The van der Waals surface area contributed by atoms with Crippen LogP contribution in [0.3, 0.4) is 0 Å². The molecule has 1 saturated heterocycles. The number of benzene rings is 1. The Morgan fingerprint density at radius 1 is 1.00 bits per heavy atom. The van der Waals surface area contributed by atoms with E-state index in [4.69, 9.17) is 9.47 Å². The molecule has 7 nitrogen and oxygen atoms in total. The predicted molar refractivity (Wildman–Crippen MR) is 101 cm³/mol. The molecule has 0 atom stereocenters. The van der Waals surface area contributed by atoms with Crippen LogP contribution < -0.4 is 14.8 Å². The van der Waals surface area contributed by atoms with Crippen molar-refractivity contribution >= 4 is 17.5 Å². The summed E-state index contributed by atoms with van der Waals surface area (Å²) in [5.74, 6) is 0.646. The SMILES string of the molecule is COc1ccc(NC(=O)c2ccnc(C(=O)N3CCCCC3)c2)cc1OC. The summed E-state index contributed by atoms with van der Waals surface area (Å²) in [6, 6.07) is 8.24. The summed E-state index contributed by atoms with van der Waals surface area (Å²) in [5.41, 5.74) is 1.23. The molecule has 2 heterocycles. The van der Waals surface area contributed by atoms with Gasteiger partial charge in [-0.05, 0) is 43.5 Å². The second kappa shape index (κ2) is 8.53. The van der Waals surface area contributed by atoms with Gasteiger partial charge in [0.05, 0.1) is 14.2 Å². The van der Waals surface area contributed by atoms with Crippen molar-refractivity contribution in [2.45, 2.75) is 19.3 Å². The van der Waals surface area contributed by atoms with Gasteiger partial charge in [0.1, 0.15) is 5.69 Å². The summed E-state index contributed by atoms with van der Waals surface area (Å²) in [7, 11) is 3.08. The first-order valence-corrected chi connectivity index (χ1v) is 8.91. The molecule has 2 aromatic rings. The van der Waals surface area contributed by atoms with Crippen molar-refractivity contribution in [3.05, 3.63) is 47.8 Å². The number of anilines is 1. The van der Waals surface area contributed by atoms with Crippen molar-refractivity contribution in [1.82, 2.24) is 9.88 Å². The summed E-state index contributed by atoms with van der Waals surface area (Å²) in [6.07, 6.45) is 4.64. The van der Waals surface area contributed by atoms with Crippen molar-refractivity contribution in [1.29, 1.82) is 0 Å². The standard InChI is InChI=1S/C20H23N3O4/c1-26-17-7-6-15(13-18(17)27-2)22-19(24)14-8-9-21-16(12-14)20(25)23-10-4-3-5-11-23/h6-9,12-13H,3-5,10-11H2,1-2H3,(H,22,24). The molecule has 1 aliphatic heterocycles. The third kappa shape index (κ3) is 4.36. The van der Waals surface area contributed by atoms with E-state index in [1.807, 2.05) is 0 Å². The molecule has 0 saturated carbocycles. The lowest BCUT2D eigenvalue weighted by atomic mass is 10.1. The van der Waals surface area contributed by atoms with Crippen LogP contribution in [0.5, 0.6) is 11.5 Å². The zero-order valence-corrected chi connectivity index (χ0v) is 15.5. The Balaban J connectivity index is 1.74. The third-order valence-corrected chi connectivity index (χ3v) is 4.53. The number of hydrogen-bond acceptors (Lipinski definition) is 5. The van der Waals surface area contributed by atoms with Crippen molar-refractivity contribution < 1.29 is 19.1 Å². The van der Waals surface area contributed by atoms with E-state index < -0.39 is 0 Å². The van der Waals surface area contributed by atoms with Crippen LogP contribution in [-0.4, -0.2) is 49.0 Å². The van der Waals surface area contributed by atoms with Crippen LogP contribution >= 0.6 is 0 Å². The van der Waals surface area contributed by atoms with Crippen molar-refractivity contribution in [3.8, 4) is 11.5 Å². The lowest BCUT2D eigenvalue weighted by Crippen LogP contribution is -2.36. The molecule has 1 fully saturated rings. The Labute approximate surface area is 158 Å². The zero-order valence-electron chi connectivity index (χ0n) is 15.5. The summed E-state index contributed by atoms with van der Waals surface area (Å²) in [5, 5.41) is 2.80. The summed E-state index contributed by atoms with van der Waals surface area (Å²) < 4.78 is 10.4. The number of nitrogens with one attached hydrogen (secondary N) is 1. The van der Waals surface area contributed by atoms with Crippen molar-refractivity contribution in [2.75, 3.05) is 32.6 Å². The Morgan fingerprint density at radius 2 is 1.74 bits per heavy atom. The van der Waals surface area contributed by atoms with E-state index >= 15 is 0 Å². The van der Waals surface area contributed by atoms with Gasteiger partial charge in [0.25, 0.3) is 11.8 Å². The number of piperidine rings is 1. The smallest absolute Gasteiger partial charge is 0.272 e. The maximum absolute atomic E-state index is 12.6. The van der Waals surface area contributed by atoms with Crippen molar-refractivity contribution in [3.63, 3.8) is 0 Å². The van der Waals surface area contributed by atoms with Gasteiger partial charge in [0, 0.05) is 36.6 Å². The van der Waals surface area contributed by atoms with Gasteiger partial charge in [-0.15, -0.1) is 0 Å². The maximum atomic E-state index is 12.6. The molecule has 2 amide bonds. The number of carbonyl (C=O) groups excluding carboxylic acids is 2. The number of aromatic nitrogens is 1. The van der Waals surface area contributed by atoms with E-state index in [0.29, 0.717) is 22.7 Å². The van der Waals surface area contributed by atoms with Gasteiger partial charge in [0.2, 0.25) is 0 Å². The van der Waals surface area contributed by atoms with Crippen LogP contribution in [0.25, 0.3) is 0 Å². The van der Waals surface area contributed by atoms with Gasteiger partial charge < -0.3 is 19.7 Å². The van der Waals surface area contributed by atoms with Gasteiger partial charge >= 0.3 is 0 Å². The molecule has 0 aliphatic carbocycles. The summed E-state index contributed by atoms with van der Waals surface area (Å²) in [6.45, 7) is 1.48. The minimum Gasteiger partial charge on any atom is -0.493 e. The first-order chi connectivity index (χ1) is 13.1. The highest BCUT2D eigenvalue weighted by molar-refractivity contribution is 6.05. The van der Waals surface area contributed by atoms with Crippen molar-refractivity contribution in [2.24, 2.45) is 0 Å². The Kier molecular flexibility index (Phi) is 5.90. The van der Waals surface area contributed by atoms with Gasteiger partial charge in [-0.3, -0.25) is 14.6 Å². The fourth-order valence-corrected chi connectivity index (χ4v) is 3.06. The molecule has 27 heavy (non-hydrogen) atoms. The monoisotopic (exact) mass is 369 g/mol. The second-order valence-electron chi connectivity index (χ2n) is 6.31. The Morgan fingerprint density at radius 3 is 2.44 bits per heavy atom. The van der Waals surface area contributed by atoms with E-state index in [-0.39, 0.29) is 17.5 Å². The molecule has 1 aliphatic rings. The number of nitrogens with zero attached hydrogens (tertiary/aromatic N) is 2. The number of carbonyl (C=O) groups is 2. The van der Waals surface area contributed by atoms with Crippen LogP contribution in [-0.2, 0) is 0 Å². The highest BCUT2D eigenvalue weighted by atomic mass is 16.5. The Bertz CT molecular complexity index is 832.